The van der Waals surface area contributed by atoms with E-state index in [1.54, 1.807) is 50.6 Å². The summed E-state index contributed by atoms with van der Waals surface area (Å²) < 4.78 is 14.8. The number of halogens is 1. The first kappa shape index (κ1) is 22.0. The molecule has 2 N–H and O–H groups in total. The molecule has 1 radical (unpaired) electrons. The Labute approximate surface area is 179 Å². The third kappa shape index (κ3) is 5.91. The lowest BCUT2D eigenvalue weighted by Crippen LogP contribution is -2.26. The van der Waals surface area contributed by atoms with Gasteiger partial charge in [-0.05, 0) is 55.3 Å². The number of aromatic nitrogens is 2. The van der Waals surface area contributed by atoms with Crippen molar-refractivity contribution in [3.63, 3.8) is 0 Å². The average molecular weight is 423 g/mol. The van der Waals surface area contributed by atoms with Gasteiger partial charge in [0.2, 0.25) is 11.8 Å². The molecule has 0 spiro atoms. The van der Waals surface area contributed by atoms with Gasteiger partial charge in [-0.3, -0.25) is 14.4 Å². The van der Waals surface area contributed by atoms with E-state index < -0.39 is 0 Å². The molecule has 0 atom stereocenters. The third-order valence-corrected chi connectivity index (χ3v) is 4.62. The molecule has 0 unspecified atom stereocenters. The Morgan fingerprint density at radius 1 is 1.19 bits per heavy atom. The fourth-order valence-electron chi connectivity index (χ4n) is 3.02. The van der Waals surface area contributed by atoms with Gasteiger partial charge in [-0.1, -0.05) is 6.08 Å². The molecule has 0 bridgehead atoms. The highest BCUT2D eigenvalue weighted by molar-refractivity contribution is 5.96. The fraction of sp³-hybridized carbons (Fsp3) is 0.217. The van der Waals surface area contributed by atoms with Crippen molar-refractivity contribution in [2.45, 2.75) is 19.4 Å². The number of carbonyl (C=O) groups is 2. The second-order valence-electron chi connectivity index (χ2n) is 7.29. The van der Waals surface area contributed by atoms with Crippen LogP contribution in [0, 0.1) is 12.2 Å². The minimum atomic E-state index is -0.386. The highest BCUT2D eigenvalue weighted by Gasteiger charge is 2.09. The Bertz CT molecular complexity index is 1180. The van der Waals surface area contributed by atoms with Gasteiger partial charge in [-0.2, -0.15) is 0 Å². The van der Waals surface area contributed by atoms with Crippen molar-refractivity contribution in [3.8, 4) is 0 Å². The maximum atomic E-state index is 13.4. The number of hydrogen-bond donors (Lipinski definition) is 2. The maximum absolute atomic E-state index is 13.4. The Morgan fingerprint density at radius 3 is 2.77 bits per heavy atom. The van der Waals surface area contributed by atoms with Crippen molar-refractivity contribution in [2.75, 3.05) is 19.4 Å². The molecular formula is C23H24FN4O3. The van der Waals surface area contributed by atoms with Crippen LogP contribution in [0.1, 0.15) is 18.5 Å². The van der Waals surface area contributed by atoms with Gasteiger partial charge in [0.1, 0.15) is 11.5 Å². The maximum Gasteiger partial charge on any atom is 0.274 e. The van der Waals surface area contributed by atoms with Crippen molar-refractivity contribution in [1.29, 1.82) is 0 Å². The number of fused-ring (bicyclic) bond motifs is 1. The number of allylic oxidation sites excluding steroid dienone is 1. The topological polar surface area (TPSA) is 87.2 Å². The number of amides is 2. The SMILES string of the molecule is CN(C)C(=O)/C=C/CC[CH]C(=O)Nc1cccn(Cc2cc3cc(F)ccc3[nH]2)c1=O. The second kappa shape index (κ2) is 9.88. The number of carbonyl (C=O) groups excluding carboxylic acids is 2. The number of H-pyrrole nitrogens is 1. The molecule has 2 heterocycles. The Balaban J connectivity index is 1.59. The number of hydrogen-bond acceptors (Lipinski definition) is 3. The van der Waals surface area contributed by atoms with E-state index in [1.165, 1.54) is 34.1 Å². The van der Waals surface area contributed by atoms with E-state index in [2.05, 4.69) is 10.3 Å². The molecular weight excluding hydrogens is 399 g/mol. The van der Waals surface area contributed by atoms with Crippen LogP contribution in [0.5, 0.6) is 0 Å². The number of rotatable bonds is 8. The summed E-state index contributed by atoms with van der Waals surface area (Å²) in [6.45, 7) is 0.257. The largest absolute Gasteiger partial charge is 0.357 e. The van der Waals surface area contributed by atoms with Gasteiger partial charge in [0.25, 0.3) is 5.56 Å². The summed E-state index contributed by atoms with van der Waals surface area (Å²) in [4.78, 5) is 40.9. The number of nitrogens with zero attached hydrogens (tertiary/aromatic N) is 2. The summed E-state index contributed by atoms with van der Waals surface area (Å²) in [6.07, 6.45) is 7.20. The quantitative estimate of drug-likeness (QED) is 0.431. The molecule has 0 aliphatic rings. The fourth-order valence-corrected chi connectivity index (χ4v) is 3.02. The molecule has 3 rings (SSSR count). The number of nitrogens with one attached hydrogen (secondary N) is 2. The summed E-state index contributed by atoms with van der Waals surface area (Å²) in [5.41, 5.74) is 1.36. The van der Waals surface area contributed by atoms with E-state index >= 15 is 0 Å². The molecule has 1 aromatic carbocycles. The van der Waals surface area contributed by atoms with Crippen LogP contribution < -0.4 is 10.9 Å². The van der Waals surface area contributed by atoms with Gasteiger partial charge in [0.15, 0.2) is 0 Å². The molecule has 0 saturated carbocycles. The minimum Gasteiger partial charge on any atom is -0.357 e. The predicted octanol–water partition coefficient (Wildman–Crippen LogP) is 3.08. The zero-order chi connectivity index (χ0) is 22.4. The number of anilines is 1. The smallest absolute Gasteiger partial charge is 0.274 e. The lowest BCUT2D eigenvalue weighted by atomic mass is 10.2. The van der Waals surface area contributed by atoms with Crippen LogP contribution in [0.2, 0.25) is 0 Å². The van der Waals surface area contributed by atoms with Crippen molar-refractivity contribution in [3.05, 3.63) is 83.0 Å². The molecule has 7 nitrogen and oxygen atoms in total. The number of pyridine rings is 1. The molecule has 2 amide bonds. The summed E-state index contributed by atoms with van der Waals surface area (Å²) >= 11 is 0. The normalized spacial score (nSPS) is 11.2. The van der Waals surface area contributed by atoms with E-state index in [-0.39, 0.29) is 35.4 Å². The number of aromatic amines is 1. The van der Waals surface area contributed by atoms with Gasteiger partial charge in [0.05, 0.1) is 13.0 Å². The monoisotopic (exact) mass is 423 g/mol. The van der Waals surface area contributed by atoms with Crippen LogP contribution in [0.3, 0.4) is 0 Å². The molecule has 0 aliphatic carbocycles. The van der Waals surface area contributed by atoms with E-state index in [9.17, 15) is 18.8 Å². The number of benzene rings is 1. The van der Waals surface area contributed by atoms with Crippen LogP contribution in [0.4, 0.5) is 10.1 Å². The highest BCUT2D eigenvalue weighted by atomic mass is 19.1. The van der Waals surface area contributed by atoms with Crippen molar-refractivity contribution in [1.82, 2.24) is 14.5 Å². The van der Waals surface area contributed by atoms with Gasteiger partial charge >= 0.3 is 0 Å². The molecule has 161 valence electrons. The van der Waals surface area contributed by atoms with E-state index in [1.807, 2.05) is 0 Å². The summed E-state index contributed by atoms with van der Waals surface area (Å²) in [5, 5.41) is 3.33. The molecule has 8 heteroatoms. The Hall–Kier alpha value is -3.68. The predicted molar refractivity (Wildman–Crippen MR) is 118 cm³/mol. The standard InChI is InChI=1S/C23H24FN4O3/c1-27(2)22(30)9-5-3-4-8-21(29)26-20-7-6-12-28(23(20)31)15-18-14-16-13-17(24)10-11-19(16)25-18/h5-14,25H,3-4,15H2,1-2H3,(H,26,29)/b9-5+. The van der Waals surface area contributed by atoms with Crippen molar-refractivity contribution < 1.29 is 14.0 Å². The van der Waals surface area contributed by atoms with E-state index in [0.29, 0.717) is 12.8 Å². The molecule has 2 aromatic heterocycles. The Kier molecular flexibility index (Phi) is 7.02. The molecule has 0 aliphatic heterocycles. The summed E-state index contributed by atoms with van der Waals surface area (Å²) in [7, 11) is 3.33. The lowest BCUT2D eigenvalue weighted by Gasteiger charge is -2.08. The molecule has 0 saturated heterocycles. The molecule has 31 heavy (non-hydrogen) atoms. The van der Waals surface area contributed by atoms with Crippen LogP contribution in [-0.2, 0) is 16.1 Å². The average Bonchev–Trinajstić information content (AvgIpc) is 3.11. The lowest BCUT2D eigenvalue weighted by molar-refractivity contribution is -0.123. The molecule has 3 aromatic rings. The van der Waals surface area contributed by atoms with Crippen molar-refractivity contribution >= 4 is 28.4 Å². The third-order valence-electron chi connectivity index (χ3n) is 4.62. The van der Waals surface area contributed by atoms with Crippen LogP contribution in [0.15, 0.2) is 59.5 Å². The molecule has 0 fully saturated rings. The second-order valence-corrected chi connectivity index (χ2v) is 7.29. The summed E-state index contributed by atoms with van der Waals surface area (Å²) in [5.74, 6) is -0.825. The van der Waals surface area contributed by atoms with E-state index in [0.717, 1.165) is 16.6 Å². The summed E-state index contributed by atoms with van der Waals surface area (Å²) in [6, 6.07) is 9.46. The first-order chi connectivity index (χ1) is 14.8. The number of likely N-dealkylation sites (N-methyl/N-ethyl adjacent to an activating group) is 1. The van der Waals surface area contributed by atoms with Gasteiger partial charge in [0, 0.05) is 36.9 Å². The first-order valence-electron chi connectivity index (χ1n) is 9.82. The zero-order valence-corrected chi connectivity index (χ0v) is 17.4. The number of unbranched alkanes of at least 4 members (excludes halogenated alkanes) is 1. The minimum absolute atomic E-state index is 0.116. The van der Waals surface area contributed by atoms with Crippen LogP contribution >= 0.6 is 0 Å². The van der Waals surface area contributed by atoms with Crippen LogP contribution in [0.25, 0.3) is 10.9 Å². The van der Waals surface area contributed by atoms with Gasteiger partial charge in [-0.25, -0.2) is 4.39 Å². The van der Waals surface area contributed by atoms with Crippen LogP contribution in [-0.4, -0.2) is 40.4 Å². The van der Waals surface area contributed by atoms with E-state index in [4.69, 9.17) is 0 Å². The van der Waals surface area contributed by atoms with Gasteiger partial charge < -0.3 is 19.8 Å². The first-order valence-corrected chi connectivity index (χ1v) is 9.82. The zero-order valence-electron chi connectivity index (χ0n) is 17.4. The Morgan fingerprint density at radius 2 is 2.00 bits per heavy atom. The van der Waals surface area contributed by atoms with Gasteiger partial charge in [-0.15, -0.1) is 0 Å². The highest BCUT2D eigenvalue weighted by Crippen LogP contribution is 2.17. The van der Waals surface area contributed by atoms with Crippen molar-refractivity contribution in [2.24, 2.45) is 0 Å².